The minimum atomic E-state index is -3.51. The zero-order valence-electron chi connectivity index (χ0n) is 21.3. The van der Waals surface area contributed by atoms with Gasteiger partial charge >= 0.3 is 0 Å². The molecule has 38 heavy (non-hydrogen) atoms. The van der Waals surface area contributed by atoms with Gasteiger partial charge in [0.15, 0.2) is 0 Å². The van der Waals surface area contributed by atoms with Crippen LogP contribution in [0.15, 0.2) is 86.7 Å². The highest BCUT2D eigenvalue weighted by molar-refractivity contribution is 8.93. The largest absolute Gasteiger partial charge is 0.497 e. The molecule has 2 aromatic heterocycles. The van der Waals surface area contributed by atoms with Crippen LogP contribution in [0.3, 0.4) is 0 Å². The number of sulfonamides is 1. The van der Waals surface area contributed by atoms with E-state index < -0.39 is 10.0 Å². The van der Waals surface area contributed by atoms with E-state index in [-0.39, 0.29) is 27.9 Å². The maximum atomic E-state index is 12.8. The van der Waals surface area contributed by atoms with Gasteiger partial charge in [0.25, 0.3) is 0 Å². The molecule has 1 unspecified atom stereocenters. The van der Waals surface area contributed by atoms with Crippen molar-refractivity contribution in [3.63, 3.8) is 0 Å². The van der Waals surface area contributed by atoms with Gasteiger partial charge in [0, 0.05) is 30.5 Å². The minimum Gasteiger partial charge on any atom is -0.497 e. The highest BCUT2D eigenvalue weighted by atomic mass is 79.9. The maximum absolute atomic E-state index is 12.8. The highest BCUT2D eigenvalue weighted by Crippen LogP contribution is 2.39. The molecule has 0 radical (unpaired) electrons. The number of rotatable bonds is 9. The molecule has 3 heterocycles. The van der Waals surface area contributed by atoms with E-state index in [1.54, 1.807) is 37.6 Å². The number of benzene rings is 2. The van der Waals surface area contributed by atoms with Crippen LogP contribution in [0.2, 0.25) is 0 Å². The van der Waals surface area contributed by atoms with Gasteiger partial charge in [-0.05, 0) is 54.1 Å². The zero-order valence-corrected chi connectivity index (χ0v) is 24.6. The van der Waals surface area contributed by atoms with Gasteiger partial charge in [-0.1, -0.05) is 26.0 Å². The van der Waals surface area contributed by atoms with Crippen molar-refractivity contribution in [1.82, 2.24) is 9.29 Å². The Morgan fingerprint density at radius 3 is 2.34 bits per heavy atom. The highest BCUT2D eigenvalue weighted by Gasteiger charge is 2.33. The number of furan rings is 1. The summed E-state index contributed by atoms with van der Waals surface area (Å²) in [6, 6.07) is 18.4. The summed E-state index contributed by atoms with van der Waals surface area (Å²) in [6.07, 6.45) is 2.34. The maximum Gasteiger partial charge on any atom is 0.243 e. The lowest BCUT2D eigenvalue weighted by Crippen LogP contribution is -2.30. The van der Waals surface area contributed by atoms with Crippen molar-refractivity contribution in [2.24, 2.45) is 5.10 Å². The van der Waals surface area contributed by atoms with Crippen molar-refractivity contribution in [2.75, 3.05) is 25.2 Å². The molecule has 1 aliphatic rings. The Kier molecular flexibility index (Phi) is 8.71. The number of hydrogen-bond acceptors (Lipinski definition) is 8. The summed E-state index contributed by atoms with van der Waals surface area (Å²) < 4.78 is 38.1. The summed E-state index contributed by atoms with van der Waals surface area (Å²) in [5.41, 5.74) is 3.56. The van der Waals surface area contributed by atoms with Crippen LogP contribution in [0.4, 0.5) is 5.13 Å². The standard InChI is InChI=1S/C27H28N4O4S2.BrH/c1-4-30(5-2)37(32,33)22-14-10-20(11-15-22)24-18-36-27(28-24)31-25(26-7-6-16-35-26)17-23(29-31)19-8-12-21(34-3)13-9-19;/h6-16,18,25H,4-5,17H2,1-3H3;1H. The van der Waals surface area contributed by atoms with Crippen LogP contribution >= 0.6 is 28.3 Å². The summed E-state index contributed by atoms with van der Waals surface area (Å²) in [4.78, 5) is 5.13. The molecule has 1 atom stereocenters. The van der Waals surface area contributed by atoms with Gasteiger partial charge in [-0.3, -0.25) is 0 Å². The molecule has 1 aliphatic heterocycles. The Hall–Kier alpha value is -2.99. The van der Waals surface area contributed by atoms with E-state index in [0.29, 0.717) is 19.5 Å². The quantitative estimate of drug-likeness (QED) is 0.217. The van der Waals surface area contributed by atoms with Crippen LogP contribution in [-0.2, 0) is 10.0 Å². The van der Waals surface area contributed by atoms with Gasteiger partial charge in [0.1, 0.15) is 17.6 Å². The third-order valence-corrected chi connectivity index (χ3v) is 9.28. The molecule has 0 amide bonds. The van der Waals surface area contributed by atoms with E-state index in [9.17, 15) is 8.42 Å². The SMILES string of the molecule is Br.CCN(CC)S(=O)(=O)c1ccc(-c2csc(N3N=C(c4ccc(OC)cc4)CC3c3ccco3)n2)cc1. The molecule has 200 valence electrons. The molecular formula is C27H29BrN4O4S2. The molecule has 8 nitrogen and oxygen atoms in total. The first-order valence-corrected chi connectivity index (χ1v) is 14.4. The van der Waals surface area contributed by atoms with E-state index in [1.807, 2.05) is 60.6 Å². The molecule has 0 saturated carbocycles. The first kappa shape index (κ1) is 28.0. The number of ether oxygens (including phenoxy) is 1. The fourth-order valence-corrected chi connectivity index (χ4v) is 6.65. The van der Waals surface area contributed by atoms with Crippen LogP contribution in [0.5, 0.6) is 5.75 Å². The number of methoxy groups -OCH3 is 1. The predicted molar refractivity (Wildman–Crippen MR) is 156 cm³/mol. The van der Waals surface area contributed by atoms with Crippen molar-refractivity contribution in [1.29, 1.82) is 0 Å². The van der Waals surface area contributed by atoms with Crippen LogP contribution in [0.1, 0.15) is 37.6 Å². The van der Waals surface area contributed by atoms with E-state index in [2.05, 4.69) is 0 Å². The second-order valence-corrected chi connectivity index (χ2v) is 11.3. The molecule has 0 saturated heterocycles. The second-order valence-electron chi connectivity index (χ2n) is 8.48. The number of anilines is 1. The molecular weight excluding hydrogens is 588 g/mol. The third-order valence-electron chi connectivity index (χ3n) is 6.39. The van der Waals surface area contributed by atoms with Crippen molar-refractivity contribution < 1.29 is 17.6 Å². The molecule has 0 spiro atoms. The van der Waals surface area contributed by atoms with Crippen LogP contribution in [-0.4, -0.2) is 43.6 Å². The molecule has 0 N–H and O–H groups in total. The number of aromatic nitrogens is 1. The van der Waals surface area contributed by atoms with Gasteiger partial charge in [-0.15, -0.1) is 28.3 Å². The second kappa shape index (κ2) is 11.8. The lowest BCUT2D eigenvalue weighted by Gasteiger charge is -2.18. The normalized spacial score (nSPS) is 15.4. The van der Waals surface area contributed by atoms with Gasteiger partial charge < -0.3 is 9.15 Å². The Morgan fingerprint density at radius 2 is 1.74 bits per heavy atom. The number of hydrazone groups is 1. The molecule has 5 rings (SSSR count). The lowest BCUT2D eigenvalue weighted by molar-refractivity contribution is 0.415. The Balaban J connectivity index is 0.00000336. The van der Waals surface area contributed by atoms with E-state index in [1.165, 1.54) is 15.6 Å². The number of hydrogen-bond donors (Lipinski definition) is 0. The van der Waals surface area contributed by atoms with Crippen LogP contribution in [0, 0.1) is 0 Å². The average Bonchev–Trinajstić information content (AvgIpc) is 3.70. The number of nitrogens with zero attached hydrogens (tertiary/aromatic N) is 4. The summed E-state index contributed by atoms with van der Waals surface area (Å²) in [5, 5.41) is 9.53. The topological polar surface area (TPSA) is 88.2 Å². The van der Waals surface area contributed by atoms with Crippen molar-refractivity contribution >= 4 is 49.2 Å². The minimum absolute atomic E-state index is 0. The monoisotopic (exact) mass is 616 g/mol. The first-order chi connectivity index (χ1) is 17.9. The Labute approximate surface area is 237 Å². The molecule has 0 fully saturated rings. The Morgan fingerprint density at radius 1 is 1.05 bits per heavy atom. The van der Waals surface area contributed by atoms with Crippen LogP contribution < -0.4 is 9.75 Å². The van der Waals surface area contributed by atoms with Crippen molar-refractivity contribution in [2.45, 2.75) is 31.2 Å². The number of thiazole rings is 1. The Bertz CT molecular complexity index is 1480. The zero-order chi connectivity index (χ0) is 26.0. The predicted octanol–water partition coefficient (Wildman–Crippen LogP) is 6.38. The molecule has 11 heteroatoms. The lowest BCUT2D eigenvalue weighted by atomic mass is 10.0. The van der Waals surface area contributed by atoms with Crippen molar-refractivity contribution in [3.05, 3.63) is 83.6 Å². The van der Waals surface area contributed by atoms with Gasteiger partial charge in [0.2, 0.25) is 15.2 Å². The molecule has 4 aromatic rings. The summed E-state index contributed by atoms with van der Waals surface area (Å²) in [5.74, 6) is 1.61. The van der Waals surface area contributed by atoms with Gasteiger partial charge in [0.05, 0.1) is 29.7 Å². The van der Waals surface area contributed by atoms with Crippen LogP contribution in [0.25, 0.3) is 11.3 Å². The molecule has 0 bridgehead atoms. The average molecular weight is 618 g/mol. The smallest absolute Gasteiger partial charge is 0.243 e. The van der Waals surface area contributed by atoms with E-state index in [0.717, 1.165) is 39.2 Å². The fraction of sp³-hybridized carbons (Fsp3) is 0.259. The summed E-state index contributed by atoms with van der Waals surface area (Å²) >= 11 is 1.49. The summed E-state index contributed by atoms with van der Waals surface area (Å²) in [7, 11) is -1.86. The fourth-order valence-electron chi connectivity index (χ4n) is 4.36. The van der Waals surface area contributed by atoms with Crippen molar-refractivity contribution in [3.8, 4) is 17.0 Å². The molecule has 2 aromatic carbocycles. The summed E-state index contributed by atoms with van der Waals surface area (Å²) in [6.45, 7) is 4.54. The van der Waals surface area contributed by atoms with Gasteiger partial charge in [-0.2, -0.15) is 9.41 Å². The third kappa shape index (κ3) is 5.42. The molecule has 0 aliphatic carbocycles. The number of halogens is 1. The van der Waals surface area contributed by atoms with E-state index >= 15 is 0 Å². The first-order valence-electron chi connectivity index (χ1n) is 12.0. The van der Waals surface area contributed by atoms with Gasteiger partial charge in [-0.25, -0.2) is 18.4 Å². The van der Waals surface area contributed by atoms with E-state index in [4.69, 9.17) is 19.2 Å².